The molecule has 82 valence electrons. The largest absolute Gasteiger partial charge is 0.330 e. The Morgan fingerprint density at radius 1 is 1.29 bits per heavy atom. The fourth-order valence-corrected chi connectivity index (χ4v) is 2.70. The number of rotatable bonds is 3. The maximum absolute atomic E-state index is 11.9. The molecule has 2 N–H and O–H groups in total. The molecule has 0 bridgehead atoms. The van der Waals surface area contributed by atoms with E-state index in [9.17, 15) is 4.79 Å². The fraction of sp³-hybridized carbons (Fsp3) is 0.917. The Balaban J connectivity index is 2.54. The highest BCUT2D eigenvalue weighted by Gasteiger charge is 2.30. The molecule has 1 rings (SSSR count). The van der Waals surface area contributed by atoms with Crippen LogP contribution >= 0.6 is 0 Å². The second kappa shape index (κ2) is 4.92. The van der Waals surface area contributed by atoms with Gasteiger partial charge in [-0.3, -0.25) is 4.79 Å². The van der Waals surface area contributed by atoms with Crippen LogP contribution < -0.4 is 5.73 Å². The highest BCUT2D eigenvalue weighted by Crippen LogP contribution is 2.34. The van der Waals surface area contributed by atoms with Crippen LogP contribution in [-0.4, -0.2) is 12.3 Å². The molecule has 1 aliphatic rings. The number of hydrogen-bond donors (Lipinski definition) is 1. The third kappa shape index (κ3) is 2.81. The van der Waals surface area contributed by atoms with Crippen molar-refractivity contribution in [3.05, 3.63) is 0 Å². The van der Waals surface area contributed by atoms with E-state index in [1.54, 1.807) is 0 Å². The SMILES string of the molecule is CC1CC(C)CC(C(=O)C(C)CN)C1. The van der Waals surface area contributed by atoms with Crippen molar-refractivity contribution in [2.24, 2.45) is 29.4 Å². The zero-order valence-electron chi connectivity index (χ0n) is 9.62. The maximum atomic E-state index is 11.9. The predicted molar refractivity (Wildman–Crippen MR) is 58.9 cm³/mol. The zero-order chi connectivity index (χ0) is 10.7. The molecular formula is C12H23NO. The molecule has 3 atom stereocenters. The summed E-state index contributed by atoms with van der Waals surface area (Å²) in [6.07, 6.45) is 3.43. The number of ketones is 1. The minimum atomic E-state index is 0.0532. The van der Waals surface area contributed by atoms with Crippen molar-refractivity contribution in [1.82, 2.24) is 0 Å². The van der Waals surface area contributed by atoms with Crippen molar-refractivity contribution in [2.45, 2.75) is 40.0 Å². The molecule has 1 saturated carbocycles. The van der Waals surface area contributed by atoms with Crippen LogP contribution in [0.4, 0.5) is 0 Å². The van der Waals surface area contributed by atoms with Crippen molar-refractivity contribution < 1.29 is 4.79 Å². The Bertz CT molecular complexity index is 192. The van der Waals surface area contributed by atoms with Crippen LogP contribution in [0.25, 0.3) is 0 Å². The van der Waals surface area contributed by atoms with Gasteiger partial charge >= 0.3 is 0 Å². The predicted octanol–water partition coefficient (Wildman–Crippen LogP) is 2.22. The smallest absolute Gasteiger partial charge is 0.140 e. The molecule has 0 amide bonds. The first-order valence-corrected chi connectivity index (χ1v) is 5.78. The van der Waals surface area contributed by atoms with E-state index in [2.05, 4.69) is 13.8 Å². The molecule has 1 fully saturated rings. The Morgan fingerprint density at radius 2 is 1.79 bits per heavy atom. The average molecular weight is 197 g/mol. The summed E-state index contributed by atoms with van der Waals surface area (Å²) in [5, 5.41) is 0. The first-order valence-electron chi connectivity index (χ1n) is 5.78. The molecule has 0 aromatic heterocycles. The number of carbonyl (C=O) groups is 1. The number of nitrogens with two attached hydrogens (primary N) is 1. The van der Waals surface area contributed by atoms with Gasteiger partial charge in [-0.15, -0.1) is 0 Å². The molecule has 0 heterocycles. The molecule has 0 spiro atoms. The quantitative estimate of drug-likeness (QED) is 0.754. The lowest BCUT2D eigenvalue weighted by atomic mass is 9.73. The molecule has 1 aliphatic carbocycles. The Hall–Kier alpha value is -0.370. The normalized spacial score (nSPS) is 35.3. The van der Waals surface area contributed by atoms with Crippen LogP contribution in [0, 0.1) is 23.7 Å². The fourth-order valence-electron chi connectivity index (χ4n) is 2.70. The van der Waals surface area contributed by atoms with Crippen molar-refractivity contribution in [3.8, 4) is 0 Å². The average Bonchev–Trinajstić information content (AvgIpc) is 2.14. The van der Waals surface area contributed by atoms with Crippen molar-refractivity contribution in [3.63, 3.8) is 0 Å². The highest BCUT2D eigenvalue weighted by atomic mass is 16.1. The number of Topliss-reactive ketones (excluding diaryl/α,β-unsaturated/α-hetero) is 1. The van der Waals surface area contributed by atoms with E-state index in [0.29, 0.717) is 24.2 Å². The van der Waals surface area contributed by atoms with Gasteiger partial charge in [0, 0.05) is 18.4 Å². The second-order valence-corrected chi connectivity index (χ2v) is 5.15. The first-order chi connectivity index (χ1) is 6.54. The zero-order valence-corrected chi connectivity index (χ0v) is 9.62. The monoisotopic (exact) mass is 197 g/mol. The summed E-state index contributed by atoms with van der Waals surface area (Å²) in [7, 11) is 0. The summed E-state index contributed by atoms with van der Waals surface area (Å²) in [4.78, 5) is 11.9. The number of carbonyl (C=O) groups excluding carboxylic acids is 1. The molecule has 2 heteroatoms. The van der Waals surface area contributed by atoms with Gasteiger partial charge in [-0.2, -0.15) is 0 Å². The molecule has 0 aromatic rings. The summed E-state index contributed by atoms with van der Waals surface area (Å²) < 4.78 is 0. The Morgan fingerprint density at radius 3 is 2.21 bits per heavy atom. The van der Waals surface area contributed by atoms with Crippen molar-refractivity contribution in [1.29, 1.82) is 0 Å². The van der Waals surface area contributed by atoms with Gasteiger partial charge in [0.1, 0.15) is 5.78 Å². The summed E-state index contributed by atoms with van der Waals surface area (Å²) in [5.74, 6) is 2.14. The van der Waals surface area contributed by atoms with E-state index in [1.165, 1.54) is 6.42 Å². The van der Waals surface area contributed by atoms with Gasteiger partial charge in [0.2, 0.25) is 0 Å². The van der Waals surface area contributed by atoms with Gasteiger partial charge in [-0.1, -0.05) is 20.8 Å². The lowest BCUT2D eigenvalue weighted by Crippen LogP contribution is -2.32. The molecule has 0 aromatic carbocycles. The molecule has 0 aliphatic heterocycles. The van der Waals surface area contributed by atoms with E-state index < -0.39 is 0 Å². The van der Waals surface area contributed by atoms with Crippen molar-refractivity contribution >= 4 is 5.78 Å². The minimum Gasteiger partial charge on any atom is -0.330 e. The highest BCUT2D eigenvalue weighted by molar-refractivity contribution is 5.83. The minimum absolute atomic E-state index is 0.0532. The van der Waals surface area contributed by atoms with Gasteiger partial charge in [0.05, 0.1) is 0 Å². The summed E-state index contributed by atoms with van der Waals surface area (Å²) >= 11 is 0. The molecule has 0 radical (unpaired) electrons. The van der Waals surface area contributed by atoms with Gasteiger partial charge in [-0.05, 0) is 31.1 Å². The lowest BCUT2D eigenvalue weighted by Gasteiger charge is -2.31. The van der Waals surface area contributed by atoms with Crippen LogP contribution in [0.15, 0.2) is 0 Å². The first kappa shape index (κ1) is 11.7. The molecule has 0 saturated heterocycles. The van der Waals surface area contributed by atoms with E-state index in [0.717, 1.165) is 12.8 Å². The third-order valence-corrected chi connectivity index (χ3v) is 3.42. The Labute approximate surface area is 87.2 Å². The van der Waals surface area contributed by atoms with Gasteiger partial charge in [0.15, 0.2) is 0 Å². The van der Waals surface area contributed by atoms with E-state index in [1.807, 2.05) is 6.92 Å². The number of hydrogen-bond acceptors (Lipinski definition) is 2. The third-order valence-electron chi connectivity index (χ3n) is 3.42. The van der Waals surface area contributed by atoms with Crippen LogP contribution in [0.5, 0.6) is 0 Å². The molecule has 14 heavy (non-hydrogen) atoms. The van der Waals surface area contributed by atoms with E-state index in [4.69, 9.17) is 5.73 Å². The van der Waals surface area contributed by atoms with Crippen LogP contribution in [-0.2, 0) is 4.79 Å². The van der Waals surface area contributed by atoms with E-state index >= 15 is 0 Å². The van der Waals surface area contributed by atoms with Crippen LogP contribution in [0.3, 0.4) is 0 Å². The van der Waals surface area contributed by atoms with Crippen molar-refractivity contribution in [2.75, 3.05) is 6.54 Å². The summed E-state index contributed by atoms with van der Waals surface area (Å²) in [6, 6.07) is 0. The van der Waals surface area contributed by atoms with Gasteiger partial charge in [0.25, 0.3) is 0 Å². The second-order valence-electron chi connectivity index (χ2n) is 5.15. The molecular weight excluding hydrogens is 174 g/mol. The summed E-state index contributed by atoms with van der Waals surface area (Å²) in [6.45, 7) is 6.95. The topological polar surface area (TPSA) is 43.1 Å². The van der Waals surface area contributed by atoms with Crippen LogP contribution in [0.1, 0.15) is 40.0 Å². The van der Waals surface area contributed by atoms with Gasteiger partial charge < -0.3 is 5.73 Å². The standard InChI is InChI=1S/C12H23NO/c1-8-4-9(2)6-11(5-8)12(14)10(3)7-13/h8-11H,4-7,13H2,1-3H3. The molecule has 2 nitrogen and oxygen atoms in total. The lowest BCUT2D eigenvalue weighted by molar-refractivity contribution is -0.128. The van der Waals surface area contributed by atoms with Crippen LogP contribution in [0.2, 0.25) is 0 Å². The molecule has 3 unspecified atom stereocenters. The van der Waals surface area contributed by atoms with Gasteiger partial charge in [-0.25, -0.2) is 0 Å². The maximum Gasteiger partial charge on any atom is 0.140 e. The Kier molecular flexibility index (Phi) is 4.11. The van der Waals surface area contributed by atoms with E-state index in [-0.39, 0.29) is 11.8 Å². The summed E-state index contributed by atoms with van der Waals surface area (Å²) in [5.41, 5.74) is 5.53.